The Kier molecular flexibility index (Phi) is 4.75. The zero-order valence-electron chi connectivity index (χ0n) is 9.58. The van der Waals surface area contributed by atoms with E-state index in [2.05, 4.69) is 4.74 Å². The van der Waals surface area contributed by atoms with E-state index < -0.39 is 40.8 Å². The van der Waals surface area contributed by atoms with Gasteiger partial charge in [-0.1, -0.05) is 0 Å². The molecule has 0 bridgehead atoms. The van der Waals surface area contributed by atoms with Crippen molar-refractivity contribution in [2.45, 2.75) is 11.1 Å². The number of alkyl halides is 3. The first-order valence-electron chi connectivity index (χ1n) is 5.04. The molecule has 0 aliphatic rings. The van der Waals surface area contributed by atoms with Crippen molar-refractivity contribution in [1.29, 1.82) is 0 Å². The van der Waals surface area contributed by atoms with Crippen molar-refractivity contribution in [2.75, 3.05) is 24.7 Å². The Morgan fingerprint density at radius 3 is 2.42 bits per heavy atom. The van der Waals surface area contributed by atoms with Gasteiger partial charge in [0, 0.05) is 0 Å². The molecule has 0 saturated heterocycles. The van der Waals surface area contributed by atoms with Crippen LogP contribution in [0.25, 0.3) is 0 Å². The summed E-state index contributed by atoms with van der Waals surface area (Å²) in [6.07, 6.45) is -4.52. The first kappa shape index (κ1) is 15.7. The first-order chi connectivity index (χ1) is 8.62. The molecule has 1 rings (SSSR count). The highest BCUT2D eigenvalue weighted by Gasteiger charge is 2.27. The van der Waals surface area contributed by atoms with Crippen LogP contribution in [0.15, 0.2) is 23.1 Å². The molecule has 0 radical (unpaired) electrons. The summed E-state index contributed by atoms with van der Waals surface area (Å²) in [5.41, 5.74) is 4.97. The Bertz CT molecular complexity index is 542. The minimum atomic E-state index is -4.52. The third-order valence-corrected chi connectivity index (χ3v) is 3.77. The minimum absolute atomic E-state index is 0.215. The third kappa shape index (κ3) is 5.03. The molecule has 0 spiro atoms. The summed E-state index contributed by atoms with van der Waals surface area (Å²) in [5.74, 6) is -1.58. The highest BCUT2D eigenvalue weighted by Crippen LogP contribution is 2.18. The van der Waals surface area contributed by atoms with E-state index in [1.807, 2.05) is 0 Å². The topological polar surface area (TPSA) is 69.4 Å². The van der Waals surface area contributed by atoms with E-state index >= 15 is 0 Å². The highest BCUT2D eigenvalue weighted by molar-refractivity contribution is 7.91. The molecule has 1 aromatic rings. The maximum atomic E-state index is 13.1. The van der Waals surface area contributed by atoms with Crippen LogP contribution in [-0.4, -0.2) is 33.6 Å². The van der Waals surface area contributed by atoms with E-state index in [0.29, 0.717) is 6.07 Å². The van der Waals surface area contributed by atoms with Gasteiger partial charge in [-0.3, -0.25) is 0 Å². The molecule has 0 aliphatic heterocycles. The molecule has 0 saturated carbocycles. The van der Waals surface area contributed by atoms with E-state index in [-0.39, 0.29) is 10.6 Å². The molecular formula is C10H11F4NO3S. The van der Waals surface area contributed by atoms with Crippen molar-refractivity contribution in [3.8, 4) is 0 Å². The predicted molar refractivity (Wildman–Crippen MR) is 59.7 cm³/mol. The van der Waals surface area contributed by atoms with Crippen LogP contribution in [0.1, 0.15) is 0 Å². The molecule has 108 valence electrons. The number of nitrogen functional groups attached to an aromatic ring is 1. The first-order valence-corrected chi connectivity index (χ1v) is 6.69. The Morgan fingerprint density at radius 1 is 1.26 bits per heavy atom. The zero-order chi connectivity index (χ0) is 14.7. The largest absolute Gasteiger partial charge is 0.411 e. The predicted octanol–water partition coefficient (Wildman–Crippen LogP) is 1.76. The Labute approximate surface area is 107 Å². The second kappa shape index (κ2) is 5.74. The van der Waals surface area contributed by atoms with Gasteiger partial charge >= 0.3 is 6.18 Å². The summed E-state index contributed by atoms with van der Waals surface area (Å²) in [6.45, 7) is -2.16. The summed E-state index contributed by atoms with van der Waals surface area (Å²) >= 11 is 0. The standard InChI is InChI=1S/C10H11F4NO3S/c11-8-5-7(1-2-9(8)15)19(16,17)4-3-18-6-10(12,13)14/h1-2,5H,3-4,6,15H2. The molecule has 9 heteroatoms. The fraction of sp³-hybridized carbons (Fsp3) is 0.400. The van der Waals surface area contributed by atoms with Crippen LogP contribution < -0.4 is 5.73 Å². The second-order valence-electron chi connectivity index (χ2n) is 3.67. The number of benzene rings is 1. The third-order valence-electron chi connectivity index (χ3n) is 2.09. The average Bonchev–Trinajstić information content (AvgIpc) is 2.27. The fourth-order valence-electron chi connectivity index (χ4n) is 1.18. The SMILES string of the molecule is Nc1ccc(S(=O)(=O)CCOCC(F)(F)F)cc1F. The van der Waals surface area contributed by atoms with Crippen molar-refractivity contribution in [3.05, 3.63) is 24.0 Å². The normalized spacial score (nSPS) is 12.6. The summed E-state index contributed by atoms with van der Waals surface area (Å²) in [7, 11) is -3.91. The lowest BCUT2D eigenvalue weighted by molar-refractivity contribution is -0.172. The summed E-state index contributed by atoms with van der Waals surface area (Å²) in [5, 5.41) is 0. The maximum absolute atomic E-state index is 13.1. The van der Waals surface area contributed by atoms with E-state index in [4.69, 9.17) is 5.73 Å². The Hall–Kier alpha value is -1.35. The molecule has 0 amide bonds. The van der Waals surface area contributed by atoms with E-state index in [9.17, 15) is 26.0 Å². The smallest absolute Gasteiger partial charge is 0.396 e. The molecule has 0 aliphatic carbocycles. The number of hydrogen-bond acceptors (Lipinski definition) is 4. The van der Waals surface area contributed by atoms with E-state index in [1.54, 1.807) is 0 Å². The summed E-state index contributed by atoms with van der Waals surface area (Å²) in [6, 6.07) is 2.87. The molecule has 0 atom stereocenters. The van der Waals surface area contributed by atoms with Gasteiger partial charge < -0.3 is 10.5 Å². The van der Waals surface area contributed by atoms with Crippen LogP contribution in [0.3, 0.4) is 0 Å². The van der Waals surface area contributed by atoms with Crippen LogP contribution in [0.5, 0.6) is 0 Å². The monoisotopic (exact) mass is 301 g/mol. The van der Waals surface area contributed by atoms with Crippen molar-refractivity contribution in [1.82, 2.24) is 0 Å². The molecule has 2 N–H and O–H groups in total. The molecule has 0 fully saturated rings. The molecule has 4 nitrogen and oxygen atoms in total. The summed E-state index contributed by atoms with van der Waals surface area (Å²) < 4.78 is 75.8. The summed E-state index contributed by atoms with van der Waals surface area (Å²) in [4.78, 5) is -0.352. The van der Waals surface area contributed by atoms with Crippen LogP contribution in [0, 0.1) is 5.82 Å². The molecular weight excluding hydrogens is 290 g/mol. The van der Waals surface area contributed by atoms with Crippen molar-refractivity contribution in [2.24, 2.45) is 0 Å². The van der Waals surface area contributed by atoms with E-state index in [1.165, 1.54) is 0 Å². The highest BCUT2D eigenvalue weighted by atomic mass is 32.2. The van der Waals surface area contributed by atoms with Gasteiger partial charge in [0.05, 0.1) is 22.9 Å². The Balaban J connectivity index is 2.63. The fourth-order valence-corrected chi connectivity index (χ4v) is 2.31. The second-order valence-corrected chi connectivity index (χ2v) is 5.78. The number of halogens is 4. The van der Waals surface area contributed by atoms with Crippen molar-refractivity contribution in [3.63, 3.8) is 0 Å². The van der Waals surface area contributed by atoms with Gasteiger partial charge in [-0.2, -0.15) is 13.2 Å². The molecule has 0 aromatic heterocycles. The number of nitrogens with two attached hydrogens (primary N) is 1. The van der Waals surface area contributed by atoms with Gasteiger partial charge in [-0.25, -0.2) is 12.8 Å². The van der Waals surface area contributed by atoms with Gasteiger partial charge in [0.25, 0.3) is 0 Å². The number of hydrogen-bond donors (Lipinski definition) is 1. The molecule has 0 heterocycles. The zero-order valence-corrected chi connectivity index (χ0v) is 10.4. The number of anilines is 1. The van der Waals surface area contributed by atoms with Crippen LogP contribution in [0.2, 0.25) is 0 Å². The van der Waals surface area contributed by atoms with Gasteiger partial charge in [-0.15, -0.1) is 0 Å². The number of ether oxygens (including phenoxy) is 1. The van der Waals surface area contributed by atoms with Gasteiger partial charge in [0.15, 0.2) is 9.84 Å². The lowest BCUT2D eigenvalue weighted by Crippen LogP contribution is -2.20. The van der Waals surface area contributed by atoms with Crippen molar-refractivity contribution < 1.29 is 30.7 Å². The van der Waals surface area contributed by atoms with Crippen molar-refractivity contribution >= 4 is 15.5 Å². The van der Waals surface area contributed by atoms with Crippen LogP contribution in [-0.2, 0) is 14.6 Å². The van der Waals surface area contributed by atoms with Gasteiger partial charge in [-0.05, 0) is 18.2 Å². The Morgan fingerprint density at radius 2 is 1.89 bits per heavy atom. The number of rotatable bonds is 5. The average molecular weight is 301 g/mol. The lowest BCUT2D eigenvalue weighted by atomic mass is 10.3. The lowest BCUT2D eigenvalue weighted by Gasteiger charge is -2.08. The number of sulfone groups is 1. The van der Waals surface area contributed by atoms with Gasteiger partial charge in [0.1, 0.15) is 12.4 Å². The molecule has 19 heavy (non-hydrogen) atoms. The van der Waals surface area contributed by atoms with Crippen LogP contribution in [0.4, 0.5) is 23.2 Å². The molecule has 1 aromatic carbocycles. The quantitative estimate of drug-likeness (QED) is 0.511. The molecule has 0 unspecified atom stereocenters. The minimum Gasteiger partial charge on any atom is -0.396 e. The van der Waals surface area contributed by atoms with E-state index in [0.717, 1.165) is 12.1 Å². The maximum Gasteiger partial charge on any atom is 0.411 e. The van der Waals surface area contributed by atoms with Gasteiger partial charge in [0.2, 0.25) is 0 Å². The van der Waals surface area contributed by atoms with Crippen LogP contribution >= 0.6 is 0 Å².